The van der Waals surface area contributed by atoms with Gasteiger partial charge in [0.1, 0.15) is 0 Å². The summed E-state index contributed by atoms with van der Waals surface area (Å²) in [5.74, 6) is 0. The molecule has 0 N–H and O–H groups in total. The van der Waals surface area contributed by atoms with Crippen LogP contribution in [0.5, 0.6) is 0 Å². The van der Waals surface area contributed by atoms with Gasteiger partial charge >= 0.3 is 0 Å². The van der Waals surface area contributed by atoms with Gasteiger partial charge in [0, 0.05) is 25.8 Å². The van der Waals surface area contributed by atoms with Crippen LogP contribution in [0.25, 0.3) is 0 Å². The molecule has 0 aliphatic carbocycles. The van der Waals surface area contributed by atoms with Crippen LogP contribution in [0.4, 0.5) is 11.4 Å². The van der Waals surface area contributed by atoms with Crippen molar-refractivity contribution < 1.29 is 20.1 Å². The van der Waals surface area contributed by atoms with Gasteiger partial charge in [-0.05, 0) is 12.1 Å². The first-order valence-corrected chi connectivity index (χ1v) is 5.42. The second kappa shape index (κ2) is 5.80. The van der Waals surface area contributed by atoms with Gasteiger partial charge < -0.3 is 9.91 Å². The number of anilines is 2. The zero-order chi connectivity index (χ0) is 11.5. The van der Waals surface area contributed by atoms with Crippen LogP contribution in [0.15, 0.2) is 59.7 Å². The Morgan fingerprint density at radius 2 is 1.78 bits per heavy atom. The molecule has 2 aromatic carbocycles. The molecule has 4 heteroatoms. The van der Waals surface area contributed by atoms with Crippen molar-refractivity contribution in [3.8, 4) is 0 Å². The molecule has 0 aromatic heterocycles. The van der Waals surface area contributed by atoms with E-state index in [4.69, 9.17) is 0 Å². The molecule has 1 heterocycles. The largest absolute Gasteiger partial charge is 0.463 e. The molecule has 18 heavy (non-hydrogen) atoms. The Bertz CT molecular complexity index is 466. The van der Waals surface area contributed by atoms with Gasteiger partial charge in [0.15, 0.2) is 0 Å². The van der Waals surface area contributed by atoms with E-state index in [9.17, 15) is 0 Å². The van der Waals surface area contributed by atoms with Crippen LogP contribution in [-0.4, -0.2) is 6.34 Å². The first-order chi connectivity index (χ1) is 8.43. The van der Waals surface area contributed by atoms with Crippen LogP contribution in [0, 0.1) is 12.7 Å². The maximum Gasteiger partial charge on any atom is 0.0848 e. The molecule has 2 aromatic rings. The molecule has 93 valence electrons. The Hall–Kier alpha value is -1.64. The molecular formula is C14H11IrN3-2. The standard InChI is InChI=1S/C14H11N3.Ir/c1-3-7-13(8-4-1)16-11-15-17(12-16)14-9-5-2-6-10-14;/h1-9,11-12H;/q-2;. The molecular weight excluding hydrogens is 402 g/mol. The van der Waals surface area contributed by atoms with Crippen LogP contribution in [0.2, 0.25) is 0 Å². The van der Waals surface area contributed by atoms with Crippen molar-refractivity contribution in [2.75, 3.05) is 9.91 Å². The van der Waals surface area contributed by atoms with Crippen molar-refractivity contribution in [3.05, 3.63) is 67.3 Å². The number of hydrazone groups is 1. The molecule has 1 aliphatic heterocycles. The molecule has 0 spiro atoms. The van der Waals surface area contributed by atoms with Crippen molar-refractivity contribution in [2.45, 2.75) is 0 Å². The summed E-state index contributed by atoms with van der Waals surface area (Å²) in [5.41, 5.74) is 2.02. The predicted molar refractivity (Wildman–Crippen MR) is 69.5 cm³/mol. The summed E-state index contributed by atoms with van der Waals surface area (Å²) >= 11 is 0. The molecule has 3 nitrogen and oxygen atoms in total. The normalized spacial score (nSPS) is 13.6. The quantitative estimate of drug-likeness (QED) is 0.706. The average Bonchev–Trinajstić information content (AvgIpc) is 2.90. The van der Waals surface area contributed by atoms with E-state index in [1.54, 1.807) is 11.3 Å². The molecule has 0 unspecified atom stereocenters. The molecule has 0 fully saturated rings. The zero-order valence-electron chi connectivity index (χ0n) is 9.53. The topological polar surface area (TPSA) is 18.8 Å². The van der Waals surface area contributed by atoms with E-state index in [0.717, 1.165) is 11.4 Å². The van der Waals surface area contributed by atoms with Crippen LogP contribution in [0.3, 0.4) is 0 Å². The minimum Gasteiger partial charge on any atom is -0.463 e. The summed E-state index contributed by atoms with van der Waals surface area (Å²) in [7, 11) is 0. The summed E-state index contributed by atoms with van der Waals surface area (Å²) < 4.78 is 0. The fourth-order valence-corrected chi connectivity index (χ4v) is 1.67. The number of nitrogens with zero attached hydrogens (tertiary/aromatic N) is 3. The second-order valence-corrected chi connectivity index (χ2v) is 3.68. The number of para-hydroxylation sites is 2. The Balaban J connectivity index is 0.00000120. The molecule has 1 aliphatic rings. The van der Waals surface area contributed by atoms with Gasteiger partial charge in [0.05, 0.1) is 6.34 Å². The van der Waals surface area contributed by atoms with Gasteiger partial charge in [-0.25, -0.2) is 0 Å². The number of hydrogen-bond donors (Lipinski definition) is 0. The number of rotatable bonds is 2. The maximum atomic E-state index is 4.31. The maximum absolute atomic E-state index is 4.31. The van der Waals surface area contributed by atoms with Crippen molar-refractivity contribution in [3.63, 3.8) is 0 Å². The van der Waals surface area contributed by atoms with E-state index in [2.05, 4.69) is 11.2 Å². The van der Waals surface area contributed by atoms with E-state index in [1.807, 2.05) is 66.2 Å². The molecule has 0 bridgehead atoms. The molecule has 1 radical (unpaired) electrons. The third-order valence-corrected chi connectivity index (χ3v) is 2.53. The smallest absolute Gasteiger partial charge is 0.0848 e. The van der Waals surface area contributed by atoms with E-state index >= 15 is 0 Å². The monoisotopic (exact) mass is 414 g/mol. The van der Waals surface area contributed by atoms with E-state index in [1.165, 1.54) is 0 Å². The third-order valence-electron chi connectivity index (χ3n) is 2.53. The third kappa shape index (κ3) is 2.61. The molecule has 3 rings (SSSR count). The Morgan fingerprint density at radius 3 is 2.50 bits per heavy atom. The van der Waals surface area contributed by atoms with Crippen LogP contribution < -0.4 is 9.91 Å². The molecule has 0 atom stereocenters. The average molecular weight is 413 g/mol. The van der Waals surface area contributed by atoms with E-state index in [-0.39, 0.29) is 20.1 Å². The molecule has 0 saturated heterocycles. The summed E-state index contributed by atoms with van der Waals surface area (Å²) in [5, 5.41) is 6.11. The first-order valence-electron chi connectivity index (χ1n) is 5.42. The van der Waals surface area contributed by atoms with Crippen molar-refractivity contribution in [2.24, 2.45) is 5.10 Å². The van der Waals surface area contributed by atoms with E-state index < -0.39 is 0 Å². The van der Waals surface area contributed by atoms with Gasteiger partial charge in [-0.3, -0.25) is 0 Å². The van der Waals surface area contributed by atoms with Crippen molar-refractivity contribution >= 4 is 17.7 Å². The number of benzene rings is 2. The van der Waals surface area contributed by atoms with Gasteiger partial charge in [0.2, 0.25) is 0 Å². The summed E-state index contributed by atoms with van der Waals surface area (Å²) in [6.07, 6.45) is 1.79. The Labute approximate surface area is 120 Å². The molecule has 0 amide bonds. The SMILES string of the molecule is [Ir].[c-]1ccccc1N1[CH-]N(c2ccccc2)C=N1. The summed E-state index contributed by atoms with van der Waals surface area (Å²) in [6, 6.07) is 21.0. The molecule has 0 saturated carbocycles. The fourth-order valence-electron chi connectivity index (χ4n) is 1.67. The minimum atomic E-state index is 0. The van der Waals surface area contributed by atoms with Gasteiger partial charge in [0.25, 0.3) is 0 Å². The minimum absolute atomic E-state index is 0. The van der Waals surface area contributed by atoms with Crippen molar-refractivity contribution in [1.29, 1.82) is 0 Å². The summed E-state index contributed by atoms with van der Waals surface area (Å²) in [4.78, 5) is 1.97. The fraction of sp³-hybridized carbons (Fsp3) is 0. The van der Waals surface area contributed by atoms with E-state index in [0.29, 0.717) is 0 Å². The number of hydrogen-bond acceptors (Lipinski definition) is 3. The first kappa shape index (κ1) is 12.8. The van der Waals surface area contributed by atoms with Crippen LogP contribution in [0.1, 0.15) is 0 Å². The second-order valence-electron chi connectivity index (χ2n) is 3.68. The Kier molecular flexibility index (Phi) is 4.13. The van der Waals surface area contributed by atoms with Gasteiger partial charge in [-0.15, -0.1) is 12.7 Å². The van der Waals surface area contributed by atoms with Crippen molar-refractivity contribution in [1.82, 2.24) is 0 Å². The van der Waals surface area contributed by atoms with Gasteiger partial charge in [-0.2, -0.15) is 29.4 Å². The summed E-state index contributed by atoms with van der Waals surface area (Å²) in [6.45, 7) is 1.93. The predicted octanol–water partition coefficient (Wildman–Crippen LogP) is 2.87. The van der Waals surface area contributed by atoms with Crippen LogP contribution >= 0.6 is 0 Å². The zero-order valence-corrected chi connectivity index (χ0v) is 11.9. The van der Waals surface area contributed by atoms with Crippen LogP contribution in [-0.2, 0) is 20.1 Å². The Morgan fingerprint density at radius 1 is 1.00 bits per heavy atom. The van der Waals surface area contributed by atoms with Gasteiger partial charge in [-0.1, -0.05) is 23.9 Å².